The fraction of sp³-hybridized carbons (Fsp3) is 0.500. The number of nitrogens with one attached hydrogen (secondary N) is 2. The van der Waals surface area contributed by atoms with Crippen LogP contribution in [-0.4, -0.2) is 51.1 Å². The number of anilines is 1. The highest BCUT2D eigenvalue weighted by atomic mass is 35.5. The molecule has 6 heteroatoms. The summed E-state index contributed by atoms with van der Waals surface area (Å²) in [4.78, 5) is 29.1. The average molecular weight is 324 g/mol. The van der Waals surface area contributed by atoms with Gasteiger partial charge in [0.15, 0.2) is 6.04 Å². The molecule has 2 heterocycles. The van der Waals surface area contributed by atoms with Gasteiger partial charge in [0.2, 0.25) is 5.91 Å². The number of likely N-dealkylation sites (N-methyl/N-ethyl adjacent to an activating group) is 1. The quantitative estimate of drug-likeness (QED) is 0.664. The van der Waals surface area contributed by atoms with Gasteiger partial charge in [-0.2, -0.15) is 0 Å². The van der Waals surface area contributed by atoms with E-state index in [1.807, 2.05) is 13.0 Å². The molecule has 2 saturated heterocycles. The summed E-state index contributed by atoms with van der Waals surface area (Å²) in [6.45, 7) is 5.88. The highest BCUT2D eigenvalue weighted by Gasteiger charge is 2.46. The van der Waals surface area contributed by atoms with E-state index in [4.69, 9.17) is 11.6 Å². The summed E-state index contributed by atoms with van der Waals surface area (Å²) in [6, 6.07) is 5.11. The molecule has 0 unspecified atom stereocenters. The molecule has 2 aliphatic heterocycles. The smallest absolute Gasteiger partial charge is 0.292 e. The third kappa shape index (κ3) is 2.76. The number of imide groups is 1. The van der Waals surface area contributed by atoms with Gasteiger partial charge in [-0.3, -0.25) is 9.59 Å². The number of rotatable bonds is 2. The zero-order valence-electron chi connectivity index (χ0n) is 13.0. The summed E-state index contributed by atoms with van der Waals surface area (Å²) in [7, 11) is 2.17. The van der Waals surface area contributed by atoms with Crippen LogP contribution in [0, 0.1) is 6.92 Å². The molecule has 2 N–H and O–H groups in total. The normalized spacial score (nSPS) is 29.2. The molecule has 0 aromatic heterocycles. The van der Waals surface area contributed by atoms with Crippen LogP contribution in [0.3, 0.4) is 0 Å². The monoisotopic (exact) mass is 323 g/mol. The van der Waals surface area contributed by atoms with Crippen molar-refractivity contribution in [2.75, 3.05) is 38.1 Å². The maximum atomic E-state index is 12.7. The lowest BCUT2D eigenvalue weighted by atomic mass is 10.2. The third-order valence-electron chi connectivity index (χ3n) is 4.80. The minimum absolute atomic E-state index is 0.0838. The van der Waals surface area contributed by atoms with Crippen molar-refractivity contribution in [1.29, 1.82) is 0 Å². The number of carbonyl (C=O) groups is 2. The maximum absolute atomic E-state index is 12.7. The lowest BCUT2D eigenvalue weighted by Crippen LogP contribution is -3.29. The Morgan fingerprint density at radius 3 is 2.50 bits per heavy atom. The number of amides is 2. The van der Waals surface area contributed by atoms with E-state index >= 15 is 0 Å². The first kappa shape index (κ1) is 15.5. The van der Waals surface area contributed by atoms with Crippen LogP contribution in [0.15, 0.2) is 18.2 Å². The molecule has 1 aromatic rings. The van der Waals surface area contributed by atoms with Crippen molar-refractivity contribution in [3.8, 4) is 0 Å². The molecule has 2 fully saturated rings. The molecule has 0 aliphatic carbocycles. The molecule has 0 saturated carbocycles. The van der Waals surface area contributed by atoms with Crippen LogP contribution in [0.25, 0.3) is 0 Å². The fourth-order valence-corrected chi connectivity index (χ4v) is 3.46. The number of hydrogen-bond acceptors (Lipinski definition) is 2. The van der Waals surface area contributed by atoms with E-state index in [1.54, 1.807) is 12.1 Å². The lowest BCUT2D eigenvalue weighted by Gasteiger charge is -2.30. The van der Waals surface area contributed by atoms with Gasteiger partial charge in [0.25, 0.3) is 5.91 Å². The van der Waals surface area contributed by atoms with Gasteiger partial charge < -0.3 is 9.80 Å². The van der Waals surface area contributed by atoms with E-state index in [1.165, 1.54) is 14.7 Å². The summed E-state index contributed by atoms with van der Waals surface area (Å²) in [5.74, 6) is -0.201. The predicted molar refractivity (Wildman–Crippen MR) is 84.4 cm³/mol. The number of aryl methyl sites for hydroxylation is 1. The van der Waals surface area contributed by atoms with E-state index in [2.05, 4.69) is 7.05 Å². The number of piperazine rings is 1. The average Bonchev–Trinajstić information content (AvgIpc) is 2.78. The standard InChI is InChI=1S/C16H20ClN3O2/c1-11-3-4-12(9-13(11)17)20-15(21)10-14(16(20)22)19-7-5-18(2)6-8-19/h3-4,9,14H,5-8,10H2,1-2H3/p+2/t14-/m1/s1. The number of halogens is 1. The van der Waals surface area contributed by atoms with Crippen molar-refractivity contribution >= 4 is 29.1 Å². The van der Waals surface area contributed by atoms with Crippen LogP contribution >= 0.6 is 11.6 Å². The summed E-state index contributed by atoms with van der Waals surface area (Å²) in [5.41, 5.74) is 1.53. The van der Waals surface area contributed by atoms with Gasteiger partial charge in [-0.1, -0.05) is 17.7 Å². The maximum Gasteiger partial charge on any atom is 0.292 e. The first-order chi connectivity index (χ1) is 10.5. The minimum atomic E-state index is -0.235. The number of nitrogens with zero attached hydrogens (tertiary/aromatic N) is 1. The van der Waals surface area contributed by atoms with Crippen molar-refractivity contribution < 1.29 is 19.4 Å². The van der Waals surface area contributed by atoms with Crippen LogP contribution in [0.2, 0.25) is 5.02 Å². The van der Waals surface area contributed by atoms with E-state index in [0.717, 1.165) is 31.7 Å². The second-order valence-corrected chi connectivity index (χ2v) is 6.78. The first-order valence-electron chi connectivity index (χ1n) is 7.76. The molecule has 5 nitrogen and oxygen atoms in total. The van der Waals surface area contributed by atoms with Gasteiger partial charge in [-0.25, -0.2) is 4.90 Å². The molecule has 1 aromatic carbocycles. The van der Waals surface area contributed by atoms with Crippen molar-refractivity contribution in [3.05, 3.63) is 28.8 Å². The van der Waals surface area contributed by atoms with Crippen LogP contribution in [0.1, 0.15) is 12.0 Å². The van der Waals surface area contributed by atoms with E-state index in [9.17, 15) is 9.59 Å². The Morgan fingerprint density at radius 2 is 1.86 bits per heavy atom. The molecular formula is C16H22ClN3O2+2. The molecule has 0 spiro atoms. The van der Waals surface area contributed by atoms with E-state index in [0.29, 0.717) is 17.1 Å². The van der Waals surface area contributed by atoms with Gasteiger partial charge in [0.05, 0.1) is 19.2 Å². The SMILES string of the molecule is Cc1ccc(N2C(=O)C[C@@H]([NH+]3CC[NH+](C)CC3)C2=O)cc1Cl. The van der Waals surface area contributed by atoms with Crippen LogP contribution in [0.5, 0.6) is 0 Å². The number of benzene rings is 1. The number of quaternary nitrogens is 2. The third-order valence-corrected chi connectivity index (χ3v) is 5.21. The molecule has 0 radical (unpaired) electrons. The highest BCUT2D eigenvalue weighted by molar-refractivity contribution is 6.32. The lowest BCUT2D eigenvalue weighted by molar-refractivity contribution is -1.01. The molecule has 118 valence electrons. The fourth-order valence-electron chi connectivity index (χ4n) is 3.29. The Balaban J connectivity index is 1.80. The number of hydrogen-bond donors (Lipinski definition) is 2. The minimum Gasteiger partial charge on any atom is -0.328 e. The zero-order chi connectivity index (χ0) is 15.9. The molecule has 2 aliphatic rings. The van der Waals surface area contributed by atoms with Crippen molar-refractivity contribution in [3.63, 3.8) is 0 Å². The van der Waals surface area contributed by atoms with Crippen molar-refractivity contribution in [2.45, 2.75) is 19.4 Å². The van der Waals surface area contributed by atoms with E-state index in [-0.39, 0.29) is 17.9 Å². The molecule has 3 rings (SSSR count). The number of carbonyl (C=O) groups excluding carboxylic acids is 2. The Hall–Kier alpha value is -1.43. The van der Waals surface area contributed by atoms with Crippen molar-refractivity contribution in [2.24, 2.45) is 0 Å². The summed E-state index contributed by atoms with van der Waals surface area (Å²) >= 11 is 6.13. The highest BCUT2D eigenvalue weighted by Crippen LogP contribution is 2.26. The van der Waals surface area contributed by atoms with Gasteiger partial charge in [-0.05, 0) is 24.6 Å². The molecular weight excluding hydrogens is 302 g/mol. The predicted octanol–water partition coefficient (Wildman–Crippen LogP) is -1.31. The van der Waals surface area contributed by atoms with E-state index < -0.39 is 0 Å². The van der Waals surface area contributed by atoms with Crippen LogP contribution in [-0.2, 0) is 9.59 Å². The summed E-state index contributed by atoms with van der Waals surface area (Å²) in [6.07, 6.45) is 0.304. The van der Waals surface area contributed by atoms with Gasteiger partial charge in [0.1, 0.15) is 26.2 Å². The summed E-state index contributed by atoms with van der Waals surface area (Å²) in [5, 5.41) is 0.581. The second kappa shape index (κ2) is 5.99. The Labute approximate surface area is 135 Å². The molecule has 2 amide bonds. The summed E-state index contributed by atoms with van der Waals surface area (Å²) < 4.78 is 0. The molecule has 1 atom stereocenters. The van der Waals surface area contributed by atoms with Gasteiger partial charge >= 0.3 is 0 Å². The van der Waals surface area contributed by atoms with Crippen molar-refractivity contribution in [1.82, 2.24) is 0 Å². The zero-order valence-corrected chi connectivity index (χ0v) is 13.7. The molecule has 22 heavy (non-hydrogen) atoms. The first-order valence-corrected chi connectivity index (χ1v) is 8.14. The topological polar surface area (TPSA) is 46.3 Å². The Morgan fingerprint density at radius 1 is 1.18 bits per heavy atom. The van der Waals surface area contributed by atoms with Gasteiger partial charge in [-0.15, -0.1) is 0 Å². The Kier molecular flexibility index (Phi) is 4.21. The van der Waals surface area contributed by atoms with Crippen LogP contribution in [0.4, 0.5) is 5.69 Å². The Bertz CT molecular complexity index is 611. The molecule has 0 bridgehead atoms. The van der Waals surface area contributed by atoms with Gasteiger partial charge in [0, 0.05) is 5.02 Å². The van der Waals surface area contributed by atoms with Crippen LogP contribution < -0.4 is 14.7 Å². The second-order valence-electron chi connectivity index (χ2n) is 6.37. The largest absolute Gasteiger partial charge is 0.328 e.